The van der Waals surface area contributed by atoms with Crippen molar-refractivity contribution in [3.05, 3.63) is 52.1 Å². The van der Waals surface area contributed by atoms with Crippen molar-refractivity contribution in [2.24, 2.45) is 5.73 Å². The number of nitrogens with two attached hydrogens (primary N) is 1. The maximum atomic E-state index is 13.8. The van der Waals surface area contributed by atoms with Crippen LogP contribution in [0.2, 0.25) is 0 Å². The second-order valence-electron chi connectivity index (χ2n) is 4.76. The third-order valence-corrected chi connectivity index (χ3v) is 3.42. The van der Waals surface area contributed by atoms with Crippen LogP contribution in [0.3, 0.4) is 0 Å². The summed E-state index contributed by atoms with van der Waals surface area (Å²) in [6.45, 7) is 4.76. The number of benzene rings is 1. The summed E-state index contributed by atoms with van der Waals surface area (Å²) < 4.78 is 15.6. The van der Waals surface area contributed by atoms with E-state index in [2.05, 4.69) is 5.10 Å². The summed E-state index contributed by atoms with van der Waals surface area (Å²) in [4.78, 5) is 0. The van der Waals surface area contributed by atoms with Crippen molar-refractivity contribution in [2.45, 2.75) is 26.8 Å². The molecule has 2 aromatic rings. The van der Waals surface area contributed by atoms with E-state index in [1.807, 2.05) is 19.9 Å². The molecule has 1 heterocycles. The van der Waals surface area contributed by atoms with Crippen molar-refractivity contribution in [1.82, 2.24) is 9.78 Å². The number of hydrogen-bond acceptors (Lipinski definition) is 3. The van der Waals surface area contributed by atoms with Crippen LogP contribution < -0.4 is 5.73 Å². The van der Waals surface area contributed by atoms with Crippen LogP contribution in [0, 0.1) is 31.0 Å². The highest BCUT2D eigenvalue weighted by Crippen LogP contribution is 2.17. The smallest absolute Gasteiger partial charge is 0.128 e. The normalized spacial score (nSPS) is 10.6. The van der Waals surface area contributed by atoms with Crippen LogP contribution in [0.25, 0.3) is 0 Å². The Hall–Kier alpha value is -2.19. The van der Waals surface area contributed by atoms with Crippen molar-refractivity contribution in [1.29, 1.82) is 5.26 Å². The van der Waals surface area contributed by atoms with E-state index in [1.54, 1.807) is 10.7 Å². The van der Waals surface area contributed by atoms with E-state index in [0.29, 0.717) is 24.2 Å². The fraction of sp³-hybridized carbons (Fsp3) is 0.333. The van der Waals surface area contributed by atoms with E-state index in [1.165, 1.54) is 12.1 Å². The number of rotatable bonds is 4. The zero-order valence-corrected chi connectivity index (χ0v) is 11.7. The molecule has 0 fully saturated rings. The summed E-state index contributed by atoms with van der Waals surface area (Å²) >= 11 is 0. The topological polar surface area (TPSA) is 67.6 Å². The number of aryl methyl sites for hydroxylation is 1. The molecule has 2 N–H and O–H groups in total. The summed E-state index contributed by atoms with van der Waals surface area (Å²) in [6, 6.07) is 6.37. The van der Waals surface area contributed by atoms with Crippen LogP contribution in [-0.4, -0.2) is 16.3 Å². The lowest BCUT2D eigenvalue weighted by molar-refractivity contribution is 0.578. The predicted octanol–water partition coefficient (Wildman–Crippen LogP) is 2.06. The molecule has 0 unspecified atom stereocenters. The fourth-order valence-electron chi connectivity index (χ4n) is 2.32. The third-order valence-electron chi connectivity index (χ3n) is 3.42. The van der Waals surface area contributed by atoms with Gasteiger partial charge in [0.2, 0.25) is 0 Å². The average Bonchev–Trinajstić information content (AvgIpc) is 2.69. The summed E-state index contributed by atoms with van der Waals surface area (Å²) in [6.07, 6.45) is 0.762. The minimum atomic E-state index is -0.322. The Morgan fingerprint density at radius 1 is 1.40 bits per heavy atom. The monoisotopic (exact) mass is 272 g/mol. The number of nitriles is 1. The van der Waals surface area contributed by atoms with Crippen LogP contribution in [0.1, 0.15) is 28.1 Å². The van der Waals surface area contributed by atoms with Crippen LogP contribution in [0.4, 0.5) is 4.39 Å². The first kappa shape index (κ1) is 14.2. The maximum Gasteiger partial charge on any atom is 0.128 e. The first-order valence-corrected chi connectivity index (χ1v) is 6.48. The highest BCUT2D eigenvalue weighted by atomic mass is 19.1. The van der Waals surface area contributed by atoms with Gasteiger partial charge in [0.25, 0.3) is 0 Å². The van der Waals surface area contributed by atoms with Gasteiger partial charge >= 0.3 is 0 Å². The van der Waals surface area contributed by atoms with Gasteiger partial charge in [-0.3, -0.25) is 4.68 Å². The molecule has 0 atom stereocenters. The highest BCUT2D eigenvalue weighted by molar-refractivity contribution is 5.34. The van der Waals surface area contributed by atoms with Crippen molar-refractivity contribution >= 4 is 0 Å². The summed E-state index contributed by atoms with van der Waals surface area (Å²) in [5, 5.41) is 13.3. The van der Waals surface area contributed by atoms with Gasteiger partial charge < -0.3 is 5.73 Å². The van der Waals surface area contributed by atoms with Gasteiger partial charge in [0.1, 0.15) is 5.82 Å². The summed E-state index contributed by atoms with van der Waals surface area (Å²) in [7, 11) is 0. The first-order chi connectivity index (χ1) is 9.56. The second-order valence-corrected chi connectivity index (χ2v) is 4.76. The molecule has 20 heavy (non-hydrogen) atoms. The van der Waals surface area contributed by atoms with Gasteiger partial charge in [0.05, 0.1) is 23.9 Å². The first-order valence-electron chi connectivity index (χ1n) is 6.48. The van der Waals surface area contributed by atoms with Crippen LogP contribution in [0.5, 0.6) is 0 Å². The van der Waals surface area contributed by atoms with Gasteiger partial charge in [0.15, 0.2) is 0 Å². The van der Waals surface area contributed by atoms with E-state index in [9.17, 15) is 4.39 Å². The molecular formula is C15H17FN4. The Balaban J connectivity index is 2.36. The third kappa shape index (κ3) is 2.70. The fourth-order valence-corrected chi connectivity index (χ4v) is 2.32. The average molecular weight is 272 g/mol. The Morgan fingerprint density at radius 3 is 2.80 bits per heavy atom. The minimum Gasteiger partial charge on any atom is -0.330 e. The lowest BCUT2D eigenvalue weighted by atomic mass is 10.1. The summed E-state index contributed by atoms with van der Waals surface area (Å²) in [5.74, 6) is -0.322. The Morgan fingerprint density at radius 2 is 2.15 bits per heavy atom. The highest BCUT2D eigenvalue weighted by Gasteiger charge is 2.12. The molecule has 104 valence electrons. The van der Waals surface area contributed by atoms with E-state index in [4.69, 9.17) is 11.0 Å². The standard InChI is InChI=1S/C15H17FN4/c1-10-14(5-6-17)11(2)20(19-10)9-13-7-12(8-18)3-4-15(13)16/h3-4,7H,5-6,9,17H2,1-2H3. The number of hydrogen-bond donors (Lipinski definition) is 1. The molecule has 4 nitrogen and oxygen atoms in total. The number of nitrogens with zero attached hydrogens (tertiary/aromatic N) is 3. The molecule has 0 spiro atoms. The van der Waals surface area contributed by atoms with E-state index in [0.717, 1.165) is 23.4 Å². The molecule has 0 radical (unpaired) electrons. The molecule has 0 aliphatic rings. The lowest BCUT2D eigenvalue weighted by Gasteiger charge is -2.07. The van der Waals surface area contributed by atoms with Crippen molar-refractivity contribution in [3.63, 3.8) is 0 Å². The SMILES string of the molecule is Cc1nn(Cc2cc(C#N)ccc2F)c(C)c1CCN. The van der Waals surface area contributed by atoms with E-state index in [-0.39, 0.29) is 5.82 Å². The number of halogens is 1. The molecule has 5 heteroatoms. The minimum absolute atomic E-state index is 0.318. The molecule has 0 aliphatic carbocycles. The summed E-state index contributed by atoms with van der Waals surface area (Å²) in [5.41, 5.74) is 9.54. The van der Waals surface area contributed by atoms with Crippen molar-refractivity contribution in [2.75, 3.05) is 6.54 Å². The molecule has 1 aromatic heterocycles. The van der Waals surface area contributed by atoms with E-state index < -0.39 is 0 Å². The quantitative estimate of drug-likeness (QED) is 0.926. The van der Waals surface area contributed by atoms with Gasteiger partial charge in [-0.1, -0.05) is 0 Å². The van der Waals surface area contributed by atoms with Crippen LogP contribution in [0.15, 0.2) is 18.2 Å². The molecule has 0 amide bonds. The van der Waals surface area contributed by atoms with E-state index >= 15 is 0 Å². The van der Waals surface area contributed by atoms with Crippen molar-refractivity contribution < 1.29 is 4.39 Å². The van der Waals surface area contributed by atoms with Crippen molar-refractivity contribution in [3.8, 4) is 6.07 Å². The predicted molar refractivity (Wildman–Crippen MR) is 74.7 cm³/mol. The van der Waals surface area contributed by atoms with Gasteiger partial charge in [-0.2, -0.15) is 10.4 Å². The molecule has 0 bridgehead atoms. The zero-order valence-electron chi connectivity index (χ0n) is 11.7. The molecule has 0 aliphatic heterocycles. The lowest BCUT2D eigenvalue weighted by Crippen LogP contribution is -2.08. The van der Waals surface area contributed by atoms with Gasteiger partial charge in [-0.05, 0) is 50.6 Å². The molecule has 2 rings (SSSR count). The molecule has 0 saturated heterocycles. The number of aromatic nitrogens is 2. The maximum absolute atomic E-state index is 13.8. The Bertz CT molecular complexity index is 667. The Labute approximate surface area is 117 Å². The van der Waals surface area contributed by atoms with Gasteiger partial charge in [-0.15, -0.1) is 0 Å². The molecule has 0 saturated carbocycles. The molecular weight excluding hydrogens is 255 g/mol. The van der Waals surface area contributed by atoms with Gasteiger partial charge in [0, 0.05) is 11.3 Å². The van der Waals surface area contributed by atoms with Gasteiger partial charge in [-0.25, -0.2) is 4.39 Å². The largest absolute Gasteiger partial charge is 0.330 e. The van der Waals surface area contributed by atoms with Crippen LogP contribution >= 0.6 is 0 Å². The zero-order chi connectivity index (χ0) is 14.7. The Kier molecular flexibility index (Phi) is 4.16. The second kappa shape index (κ2) is 5.85. The molecule has 1 aromatic carbocycles. The van der Waals surface area contributed by atoms with Crippen LogP contribution in [-0.2, 0) is 13.0 Å².